The molecule has 5 nitrogen and oxygen atoms in total. The molecule has 2 N–H and O–H groups in total. The van der Waals surface area contributed by atoms with E-state index < -0.39 is 5.97 Å². The summed E-state index contributed by atoms with van der Waals surface area (Å²) >= 11 is 0. The van der Waals surface area contributed by atoms with E-state index in [1.54, 1.807) is 18.2 Å². The number of hydrogen-bond acceptors (Lipinski definition) is 3. The predicted molar refractivity (Wildman–Crippen MR) is 145 cm³/mol. The minimum atomic E-state index is -0.999. The SMILES string of the molecule is CC(C)(C)c1ccc(NC(=O)C(=Cc2ccc(C(=O)O)cc2)COc2cccc3ccccc23)cc1. The minimum absolute atomic E-state index is 0.0159. The van der Waals surface area contributed by atoms with E-state index in [2.05, 4.69) is 26.1 Å². The van der Waals surface area contributed by atoms with Crippen LogP contribution in [-0.4, -0.2) is 23.6 Å². The van der Waals surface area contributed by atoms with Gasteiger partial charge in [0.05, 0.1) is 11.1 Å². The summed E-state index contributed by atoms with van der Waals surface area (Å²) in [5.74, 6) is -0.606. The van der Waals surface area contributed by atoms with Gasteiger partial charge in [0, 0.05) is 11.1 Å². The number of hydrogen-bond donors (Lipinski definition) is 2. The maximum atomic E-state index is 13.3. The Kier molecular flexibility index (Phi) is 7.20. The van der Waals surface area contributed by atoms with Crippen LogP contribution in [0.2, 0.25) is 0 Å². The molecule has 1 amide bonds. The molecule has 0 aliphatic heterocycles. The van der Waals surface area contributed by atoms with Crippen LogP contribution in [-0.2, 0) is 10.2 Å². The number of carbonyl (C=O) groups excluding carboxylic acids is 1. The lowest BCUT2D eigenvalue weighted by atomic mass is 9.87. The zero-order chi connectivity index (χ0) is 25.7. The molecule has 0 aliphatic rings. The third-order valence-corrected chi connectivity index (χ3v) is 5.93. The highest BCUT2D eigenvalue weighted by atomic mass is 16.5. The summed E-state index contributed by atoms with van der Waals surface area (Å²) in [6.07, 6.45) is 1.72. The van der Waals surface area contributed by atoms with Crippen LogP contribution in [0, 0.1) is 0 Å². The molecule has 0 atom stereocenters. The van der Waals surface area contributed by atoms with Gasteiger partial charge in [-0.15, -0.1) is 0 Å². The van der Waals surface area contributed by atoms with Crippen LogP contribution in [0.5, 0.6) is 5.75 Å². The number of aromatic carboxylic acids is 1. The first-order valence-electron chi connectivity index (χ1n) is 11.8. The Morgan fingerprint density at radius 1 is 0.861 bits per heavy atom. The fraction of sp³-hybridized carbons (Fsp3) is 0.161. The van der Waals surface area contributed by atoms with Gasteiger partial charge >= 0.3 is 5.97 Å². The van der Waals surface area contributed by atoms with E-state index in [4.69, 9.17) is 4.74 Å². The molecule has 0 bridgehead atoms. The summed E-state index contributed by atoms with van der Waals surface area (Å²) in [6.45, 7) is 6.46. The zero-order valence-corrected chi connectivity index (χ0v) is 20.6. The molecule has 5 heteroatoms. The number of amides is 1. The first-order valence-corrected chi connectivity index (χ1v) is 11.8. The lowest BCUT2D eigenvalue weighted by molar-refractivity contribution is -0.113. The molecule has 0 saturated carbocycles. The van der Waals surface area contributed by atoms with Crippen molar-refractivity contribution < 1.29 is 19.4 Å². The second-order valence-corrected chi connectivity index (χ2v) is 9.64. The number of fused-ring (bicyclic) bond motifs is 1. The van der Waals surface area contributed by atoms with E-state index >= 15 is 0 Å². The summed E-state index contributed by atoms with van der Waals surface area (Å²) in [6, 6.07) is 27.9. The summed E-state index contributed by atoms with van der Waals surface area (Å²) in [4.78, 5) is 24.5. The van der Waals surface area contributed by atoms with Crippen LogP contribution in [0.25, 0.3) is 16.8 Å². The molecular formula is C31H29NO4. The van der Waals surface area contributed by atoms with Crippen LogP contribution < -0.4 is 10.1 Å². The summed E-state index contributed by atoms with van der Waals surface area (Å²) < 4.78 is 6.12. The first kappa shape index (κ1) is 24.7. The van der Waals surface area contributed by atoms with Gasteiger partial charge in [0.1, 0.15) is 12.4 Å². The third kappa shape index (κ3) is 5.99. The quantitative estimate of drug-likeness (QED) is 0.282. The molecule has 4 rings (SSSR count). The minimum Gasteiger partial charge on any atom is -0.488 e. The van der Waals surface area contributed by atoms with Gasteiger partial charge in [-0.3, -0.25) is 4.79 Å². The number of carboxylic acids is 1. The Hall–Kier alpha value is -4.38. The van der Waals surface area contributed by atoms with E-state index in [-0.39, 0.29) is 23.5 Å². The fourth-order valence-electron chi connectivity index (χ4n) is 3.84. The Labute approximate surface area is 211 Å². The van der Waals surface area contributed by atoms with Gasteiger partial charge in [0.25, 0.3) is 5.91 Å². The van der Waals surface area contributed by atoms with Gasteiger partial charge < -0.3 is 15.2 Å². The van der Waals surface area contributed by atoms with Gasteiger partial charge in [-0.1, -0.05) is 81.4 Å². The molecule has 4 aromatic carbocycles. The van der Waals surface area contributed by atoms with E-state index in [0.29, 0.717) is 22.6 Å². The normalized spacial score (nSPS) is 11.8. The smallest absolute Gasteiger partial charge is 0.335 e. The third-order valence-electron chi connectivity index (χ3n) is 5.93. The van der Waals surface area contributed by atoms with Crippen molar-refractivity contribution in [3.05, 3.63) is 113 Å². The van der Waals surface area contributed by atoms with E-state index in [0.717, 1.165) is 10.8 Å². The van der Waals surface area contributed by atoms with Crippen molar-refractivity contribution in [3.8, 4) is 5.75 Å². The molecule has 0 spiro atoms. The van der Waals surface area contributed by atoms with Gasteiger partial charge in [-0.2, -0.15) is 0 Å². The number of nitrogens with one attached hydrogen (secondary N) is 1. The Morgan fingerprint density at radius 3 is 2.19 bits per heavy atom. The fourth-order valence-corrected chi connectivity index (χ4v) is 3.84. The predicted octanol–water partition coefficient (Wildman–Crippen LogP) is 6.94. The number of carboxylic acid groups (broad SMARTS) is 1. The summed E-state index contributed by atoms with van der Waals surface area (Å²) in [5.41, 5.74) is 3.17. The standard InChI is InChI=1S/C31H29NO4/c1-31(2,3)25-15-17-26(18-16-25)32-29(33)24(19-21-11-13-23(14-12-21)30(34)35)20-36-28-10-6-8-22-7-4-5-9-27(22)28/h4-19H,20H2,1-3H3,(H,32,33)(H,34,35). The second-order valence-electron chi connectivity index (χ2n) is 9.64. The van der Waals surface area contributed by atoms with Crippen LogP contribution >= 0.6 is 0 Å². The molecule has 0 fully saturated rings. The van der Waals surface area contributed by atoms with Crippen molar-refractivity contribution in [2.45, 2.75) is 26.2 Å². The van der Waals surface area contributed by atoms with E-state index in [9.17, 15) is 14.7 Å². The first-order chi connectivity index (χ1) is 17.2. The van der Waals surface area contributed by atoms with Gasteiger partial charge in [0.2, 0.25) is 0 Å². The molecule has 0 heterocycles. The van der Waals surface area contributed by atoms with E-state index in [1.807, 2.05) is 66.7 Å². The molecule has 0 aromatic heterocycles. The van der Waals surface area contributed by atoms with Crippen molar-refractivity contribution in [2.75, 3.05) is 11.9 Å². The number of rotatable bonds is 7. The topological polar surface area (TPSA) is 75.6 Å². The Bertz CT molecular complexity index is 1410. The number of ether oxygens (including phenoxy) is 1. The van der Waals surface area contributed by atoms with Crippen LogP contribution in [0.15, 0.2) is 96.6 Å². The lowest BCUT2D eigenvalue weighted by Crippen LogP contribution is -2.19. The Morgan fingerprint density at radius 2 is 1.53 bits per heavy atom. The Balaban J connectivity index is 1.60. The number of anilines is 1. The molecule has 0 unspecified atom stereocenters. The molecular weight excluding hydrogens is 450 g/mol. The van der Waals surface area contributed by atoms with Crippen molar-refractivity contribution in [3.63, 3.8) is 0 Å². The largest absolute Gasteiger partial charge is 0.488 e. The highest BCUT2D eigenvalue weighted by molar-refractivity contribution is 6.07. The van der Waals surface area contributed by atoms with Crippen molar-refractivity contribution in [2.24, 2.45) is 0 Å². The molecule has 182 valence electrons. The molecule has 4 aromatic rings. The van der Waals surface area contributed by atoms with Gasteiger partial charge in [0.15, 0.2) is 0 Å². The van der Waals surface area contributed by atoms with Crippen LogP contribution in [0.3, 0.4) is 0 Å². The molecule has 0 radical (unpaired) electrons. The van der Waals surface area contributed by atoms with Crippen LogP contribution in [0.4, 0.5) is 5.69 Å². The molecule has 36 heavy (non-hydrogen) atoms. The number of benzene rings is 4. The van der Waals surface area contributed by atoms with Crippen molar-refractivity contribution in [1.82, 2.24) is 0 Å². The summed E-state index contributed by atoms with van der Waals surface area (Å²) in [5, 5.41) is 14.2. The lowest BCUT2D eigenvalue weighted by Gasteiger charge is -2.19. The van der Waals surface area contributed by atoms with Crippen molar-refractivity contribution in [1.29, 1.82) is 0 Å². The second kappa shape index (κ2) is 10.5. The number of carbonyl (C=O) groups is 2. The van der Waals surface area contributed by atoms with E-state index in [1.165, 1.54) is 17.7 Å². The maximum absolute atomic E-state index is 13.3. The summed E-state index contributed by atoms with van der Waals surface area (Å²) in [7, 11) is 0. The highest BCUT2D eigenvalue weighted by Gasteiger charge is 2.15. The van der Waals surface area contributed by atoms with Gasteiger partial charge in [-0.25, -0.2) is 4.79 Å². The molecule has 0 aliphatic carbocycles. The average molecular weight is 480 g/mol. The van der Waals surface area contributed by atoms with Crippen molar-refractivity contribution >= 4 is 34.4 Å². The zero-order valence-electron chi connectivity index (χ0n) is 20.6. The maximum Gasteiger partial charge on any atom is 0.335 e. The molecule has 0 saturated heterocycles. The average Bonchev–Trinajstić information content (AvgIpc) is 2.86. The van der Waals surface area contributed by atoms with Crippen LogP contribution in [0.1, 0.15) is 42.3 Å². The van der Waals surface area contributed by atoms with Gasteiger partial charge in [-0.05, 0) is 58.3 Å². The monoisotopic (exact) mass is 479 g/mol. The highest BCUT2D eigenvalue weighted by Crippen LogP contribution is 2.27.